The molecule has 0 aromatic carbocycles. The van der Waals surface area contributed by atoms with Crippen LogP contribution in [0.4, 0.5) is 0 Å². The summed E-state index contributed by atoms with van der Waals surface area (Å²) >= 11 is 0. The summed E-state index contributed by atoms with van der Waals surface area (Å²) in [6.45, 7) is 5.44. The van der Waals surface area contributed by atoms with Gasteiger partial charge in [-0.3, -0.25) is 5.73 Å². The lowest BCUT2D eigenvalue weighted by Gasteiger charge is -2.10. The second-order valence-corrected chi connectivity index (χ2v) is 3.03. The van der Waals surface area contributed by atoms with Crippen molar-refractivity contribution in [1.29, 1.82) is 0 Å². The van der Waals surface area contributed by atoms with Gasteiger partial charge in [-0.15, -0.1) is 0 Å². The highest BCUT2D eigenvalue weighted by atomic mass is 16.6. The molecule has 0 aliphatic carbocycles. The molecule has 0 saturated carbocycles. The molecule has 0 aliphatic heterocycles. The summed E-state index contributed by atoms with van der Waals surface area (Å²) in [7, 11) is 0. The zero-order valence-corrected chi connectivity index (χ0v) is 8.29. The number of unbranched alkanes of at least 4 members (excludes halogenated alkanes) is 3. The standard InChI is InChI=1S/C10H19NO2/c1-3-5-6-7-8-9(11)13-10(12)4-2/h4,9H,2-3,5-8,11H2,1H3. The molecule has 1 atom stereocenters. The van der Waals surface area contributed by atoms with E-state index in [1.807, 2.05) is 0 Å². The Kier molecular flexibility index (Phi) is 7.30. The lowest BCUT2D eigenvalue weighted by molar-refractivity contribution is -0.143. The third-order valence-corrected chi connectivity index (χ3v) is 1.78. The highest BCUT2D eigenvalue weighted by Gasteiger charge is 2.05. The number of carbonyl (C=O) groups is 1. The third kappa shape index (κ3) is 7.53. The van der Waals surface area contributed by atoms with Gasteiger partial charge in [0, 0.05) is 6.08 Å². The molecular weight excluding hydrogens is 166 g/mol. The number of ether oxygens (including phenoxy) is 1. The van der Waals surface area contributed by atoms with Crippen LogP contribution in [0.15, 0.2) is 12.7 Å². The molecule has 0 aromatic rings. The molecule has 0 aromatic heterocycles. The Balaban J connectivity index is 3.34. The minimum atomic E-state index is -0.470. The Morgan fingerprint density at radius 1 is 1.54 bits per heavy atom. The predicted molar refractivity (Wildman–Crippen MR) is 53.0 cm³/mol. The first-order valence-electron chi connectivity index (χ1n) is 4.79. The Labute approximate surface area is 79.9 Å². The van der Waals surface area contributed by atoms with Gasteiger partial charge in [0.1, 0.15) is 0 Å². The van der Waals surface area contributed by atoms with Gasteiger partial charge in [0.15, 0.2) is 6.23 Å². The SMILES string of the molecule is C=CC(=O)OC(N)CCCCCC. The van der Waals surface area contributed by atoms with Crippen LogP contribution in [0.25, 0.3) is 0 Å². The van der Waals surface area contributed by atoms with Crippen LogP contribution >= 0.6 is 0 Å². The largest absolute Gasteiger partial charge is 0.444 e. The Morgan fingerprint density at radius 3 is 2.77 bits per heavy atom. The second kappa shape index (κ2) is 7.80. The third-order valence-electron chi connectivity index (χ3n) is 1.78. The van der Waals surface area contributed by atoms with Crippen LogP contribution in [0.3, 0.4) is 0 Å². The molecule has 0 radical (unpaired) electrons. The average molecular weight is 185 g/mol. The number of rotatable bonds is 7. The number of carbonyl (C=O) groups excluding carboxylic acids is 1. The average Bonchev–Trinajstić information content (AvgIpc) is 2.12. The quantitative estimate of drug-likeness (QED) is 0.285. The molecule has 0 aliphatic rings. The van der Waals surface area contributed by atoms with E-state index in [9.17, 15) is 4.79 Å². The van der Waals surface area contributed by atoms with Crippen LogP contribution in [0.1, 0.15) is 39.0 Å². The molecule has 0 heterocycles. The Morgan fingerprint density at radius 2 is 2.23 bits per heavy atom. The van der Waals surface area contributed by atoms with Crippen LogP contribution < -0.4 is 5.73 Å². The van der Waals surface area contributed by atoms with Crippen molar-refractivity contribution in [2.45, 2.75) is 45.3 Å². The summed E-state index contributed by atoms with van der Waals surface area (Å²) < 4.78 is 4.80. The first kappa shape index (κ1) is 12.2. The summed E-state index contributed by atoms with van der Waals surface area (Å²) in [4.78, 5) is 10.7. The fourth-order valence-electron chi connectivity index (χ4n) is 1.03. The summed E-state index contributed by atoms with van der Waals surface area (Å²) in [5.41, 5.74) is 5.54. The Bertz CT molecular complexity index is 157. The van der Waals surface area contributed by atoms with Crippen molar-refractivity contribution >= 4 is 5.97 Å². The molecule has 3 nitrogen and oxygen atoms in total. The maximum absolute atomic E-state index is 10.7. The van der Waals surface area contributed by atoms with Crippen LogP contribution in [-0.4, -0.2) is 12.2 Å². The van der Waals surface area contributed by atoms with Gasteiger partial charge >= 0.3 is 5.97 Å². The van der Waals surface area contributed by atoms with E-state index in [0.29, 0.717) is 0 Å². The number of hydrogen-bond acceptors (Lipinski definition) is 3. The first-order chi connectivity index (χ1) is 6.20. The smallest absolute Gasteiger partial charge is 0.331 e. The highest BCUT2D eigenvalue weighted by Crippen LogP contribution is 2.05. The minimum Gasteiger partial charge on any atom is -0.444 e. The van der Waals surface area contributed by atoms with Gasteiger partial charge in [-0.05, 0) is 12.8 Å². The molecule has 76 valence electrons. The molecule has 0 fully saturated rings. The molecule has 0 bridgehead atoms. The van der Waals surface area contributed by atoms with Crippen molar-refractivity contribution in [2.24, 2.45) is 5.73 Å². The van der Waals surface area contributed by atoms with Crippen molar-refractivity contribution < 1.29 is 9.53 Å². The molecule has 0 amide bonds. The second-order valence-electron chi connectivity index (χ2n) is 3.03. The number of nitrogens with two attached hydrogens (primary N) is 1. The molecule has 0 rings (SSSR count). The maximum Gasteiger partial charge on any atom is 0.331 e. The van der Waals surface area contributed by atoms with Crippen molar-refractivity contribution in [3.05, 3.63) is 12.7 Å². The first-order valence-corrected chi connectivity index (χ1v) is 4.79. The molecule has 0 saturated heterocycles. The van der Waals surface area contributed by atoms with Gasteiger partial charge in [0.2, 0.25) is 0 Å². The normalized spacial score (nSPS) is 12.2. The zero-order valence-electron chi connectivity index (χ0n) is 8.29. The van der Waals surface area contributed by atoms with E-state index in [2.05, 4.69) is 13.5 Å². The summed E-state index contributed by atoms with van der Waals surface area (Å²) in [5, 5.41) is 0. The van der Waals surface area contributed by atoms with Gasteiger partial charge in [-0.1, -0.05) is 32.8 Å². The lowest BCUT2D eigenvalue weighted by Crippen LogP contribution is -2.26. The van der Waals surface area contributed by atoms with E-state index in [1.54, 1.807) is 0 Å². The monoisotopic (exact) mass is 185 g/mol. The van der Waals surface area contributed by atoms with Gasteiger partial charge in [0.25, 0.3) is 0 Å². The molecule has 1 unspecified atom stereocenters. The summed E-state index contributed by atoms with van der Waals surface area (Å²) in [6, 6.07) is 0. The Hall–Kier alpha value is -0.830. The van der Waals surface area contributed by atoms with Crippen LogP contribution in [0.2, 0.25) is 0 Å². The predicted octanol–water partition coefficient (Wildman–Crippen LogP) is 1.97. The fraction of sp³-hybridized carbons (Fsp3) is 0.700. The van der Waals surface area contributed by atoms with Gasteiger partial charge in [0.05, 0.1) is 0 Å². The number of hydrogen-bond donors (Lipinski definition) is 1. The van der Waals surface area contributed by atoms with Crippen molar-refractivity contribution in [1.82, 2.24) is 0 Å². The number of esters is 1. The topological polar surface area (TPSA) is 52.3 Å². The van der Waals surface area contributed by atoms with E-state index >= 15 is 0 Å². The van der Waals surface area contributed by atoms with Crippen LogP contribution in [-0.2, 0) is 9.53 Å². The van der Waals surface area contributed by atoms with Gasteiger partial charge < -0.3 is 4.74 Å². The summed E-state index contributed by atoms with van der Waals surface area (Å²) in [6.07, 6.45) is 5.97. The van der Waals surface area contributed by atoms with E-state index < -0.39 is 12.2 Å². The lowest BCUT2D eigenvalue weighted by atomic mass is 10.1. The minimum absolute atomic E-state index is 0.442. The molecule has 3 heteroatoms. The zero-order chi connectivity index (χ0) is 10.1. The van der Waals surface area contributed by atoms with Gasteiger partial charge in [-0.2, -0.15) is 0 Å². The summed E-state index contributed by atoms with van der Waals surface area (Å²) in [5.74, 6) is -0.442. The van der Waals surface area contributed by atoms with Crippen molar-refractivity contribution in [3.63, 3.8) is 0 Å². The van der Waals surface area contributed by atoms with Crippen molar-refractivity contribution in [3.8, 4) is 0 Å². The highest BCUT2D eigenvalue weighted by molar-refractivity contribution is 5.81. The van der Waals surface area contributed by atoms with E-state index in [4.69, 9.17) is 10.5 Å². The van der Waals surface area contributed by atoms with Crippen LogP contribution in [0.5, 0.6) is 0 Å². The maximum atomic E-state index is 10.7. The van der Waals surface area contributed by atoms with E-state index in [1.165, 1.54) is 12.8 Å². The molecule has 13 heavy (non-hydrogen) atoms. The van der Waals surface area contributed by atoms with Gasteiger partial charge in [-0.25, -0.2) is 4.79 Å². The molecule has 2 N–H and O–H groups in total. The van der Waals surface area contributed by atoms with E-state index in [0.717, 1.165) is 25.3 Å². The van der Waals surface area contributed by atoms with Crippen molar-refractivity contribution in [2.75, 3.05) is 0 Å². The molecular formula is C10H19NO2. The van der Waals surface area contributed by atoms with Crippen LogP contribution in [0, 0.1) is 0 Å². The van der Waals surface area contributed by atoms with E-state index in [-0.39, 0.29) is 0 Å². The fourth-order valence-corrected chi connectivity index (χ4v) is 1.03. The molecule has 0 spiro atoms.